The second-order valence-electron chi connectivity index (χ2n) is 8.05. The van der Waals surface area contributed by atoms with Gasteiger partial charge in [0.05, 0.1) is 24.2 Å². The number of hydrogen-bond acceptors (Lipinski definition) is 6. The number of pyridine rings is 1. The number of fused-ring (bicyclic) bond motifs is 1. The van der Waals surface area contributed by atoms with Crippen LogP contribution in [0.4, 0.5) is 5.69 Å². The smallest absolute Gasteiger partial charge is 0.356 e. The highest BCUT2D eigenvalue weighted by molar-refractivity contribution is 6.29. The highest BCUT2D eigenvalue weighted by Crippen LogP contribution is 2.33. The molecule has 2 heterocycles. The van der Waals surface area contributed by atoms with Gasteiger partial charge in [0.15, 0.2) is 11.1 Å². The van der Waals surface area contributed by atoms with Crippen molar-refractivity contribution in [2.45, 2.75) is 26.8 Å². The van der Waals surface area contributed by atoms with Crippen LogP contribution >= 0.6 is 11.6 Å². The first-order chi connectivity index (χ1) is 16.2. The quantitative estimate of drug-likeness (QED) is 0.327. The molecule has 4 aromatic rings. The molecule has 2 N–H and O–H groups in total. The number of nitrogens with one attached hydrogen (secondary N) is 1. The molecule has 0 bridgehead atoms. The monoisotopic (exact) mass is 478 g/mol. The molecule has 0 spiro atoms. The zero-order valence-electron chi connectivity index (χ0n) is 19.1. The second-order valence-corrected chi connectivity index (χ2v) is 8.43. The number of rotatable bonds is 6. The largest absolute Gasteiger partial charge is 0.497 e. The fraction of sp³-hybridized carbons (Fsp3) is 0.192. The number of hydrogen-bond donors (Lipinski definition) is 2. The zero-order valence-corrected chi connectivity index (χ0v) is 19.9. The number of nitrogens with zero attached hydrogens (tertiary/aromatic N) is 1. The summed E-state index contributed by atoms with van der Waals surface area (Å²) in [6, 6.07) is 13.7. The lowest BCUT2D eigenvalue weighted by molar-refractivity contribution is 0.0691. The van der Waals surface area contributed by atoms with Crippen LogP contribution in [-0.2, 0) is 0 Å². The fourth-order valence-corrected chi connectivity index (χ4v) is 4.08. The van der Waals surface area contributed by atoms with Crippen molar-refractivity contribution in [2.75, 3.05) is 12.4 Å². The average molecular weight is 479 g/mol. The van der Waals surface area contributed by atoms with Gasteiger partial charge in [-0.2, -0.15) is 0 Å². The standard InChI is InChI=1S/C26H23ClN2O5/c1-13-11-18(15(3)28-20-9-10-21(27)29-22(20)26(31)32)25-19(12-13)23(30)14(2)24(34-25)16-5-7-17(33-4)8-6-16/h5-12,15,28H,1-4H3,(H,31,32)/t15-/m1/s1. The summed E-state index contributed by atoms with van der Waals surface area (Å²) in [5.74, 6) is -0.0310. The van der Waals surface area contributed by atoms with Gasteiger partial charge in [-0.05, 0) is 68.8 Å². The van der Waals surface area contributed by atoms with Crippen molar-refractivity contribution in [1.29, 1.82) is 0 Å². The molecule has 0 aliphatic carbocycles. The van der Waals surface area contributed by atoms with E-state index in [9.17, 15) is 14.7 Å². The summed E-state index contributed by atoms with van der Waals surface area (Å²) >= 11 is 5.88. The molecule has 1 atom stereocenters. The third kappa shape index (κ3) is 4.34. The van der Waals surface area contributed by atoms with E-state index < -0.39 is 12.0 Å². The number of aromatic carboxylic acids is 1. The number of carboxylic acids is 1. The molecular formula is C26H23ClN2O5. The minimum Gasteiger partial charge on any atom is -0.497 e. The van der Waals surface area contributed by atoms with Crippen LogP contribution < -0.4 is 15.5 Å². The van der Waals surface area contributed by atoms with Crippen molar-refractivity contribution in [3.05, 3.63) is 86.3 Å². The molecule has 0 saturated carbocycles. The molecule has 8 heteroatoms. The predicted molar refractivity (Wildman–Crippen MR) is 132 cm³/mol. The Hall–Kier alpha value is -3.84. The molecule has 2 aromatic carbocycles. The molecular weight excluding hydrogens is 456 g/mol. The van der Waals surface area contributed by atoms with E-state index in [4.69, 9.17) is 20.8 Å². The van der Waals surface area contributed by atoms with Crippen LogP contribution in [0, 0.1) is 13.8 Å². The van der Waals surface area contributed by atoms with Crippen molar-refractivity contribution in [1.82, 2.24) is 4.98 Å². The Bertz CT molecular complexity index is 1460. The summed E-state index contributed by atoms with van der Waals surface area (Å²) in [6.07, 6.45) is 0. The summed E-state index contributed by atoms with van der Waals surface area (Å²) in [7, 11) is 1.59. The van der Waals surface area contributed by atoms with Crippen molar-refractivity contribution in [3.8, 4) is 17.1 Å². The molecule has 0 aliphatic heterocycles. The van der Waals surface area contributed by atoms with Crippen molar-refractivity contribution in [3.63, 3.8) is 0 Å². The first kappa shape index (κ1) is 23.3. The summed E-state index contributed by atoms with van der Waals surface area (Å²) in [5, 5.41) is 13.3. The molecule has 174 valence electrons. The second kappa shape index (κ2) is 9.19. The molecule has 0 amide bonds. The molecule has 0 aliphatic rings. The summed E-state index contributed by atoms with van der Waals surface area (Å²) in [5.41, 5.74) is 3.29. The maximum atomic E-state index is 13.3. The predicted octanol–water partition coefficient (Wildman–Crippen LogP) is 6.01. The first-order valence-electron chi connectivity index (χ1n) is 10.6. The van der Waals surface area contributed by atoms with Crippen LogP contribution in [-0.4, -0.2) is 23.2 Å². The Morgan fingerprint density at radius 2 is 1.85 bits per heavy atom. The number of halogens is 1. The van der Waals surface area contributed by atoms with Gasteiger partial charge in [0.2, 0.25) is 0 Å². The molecule has 34 heavy (non-hydrogen) atoms. The van der Waals surface area contributed by atoms with Crippen molar-refractivity contribution >= 4 is 34.2 Å². The molecule has 0 fully saturated rings. The normalized spacial score (nSPS) is 11.9. The lowest BCUT2D eigenvalue weighted by Crippen LogP contribution is -2.14. The fourth-order valence-electron chi connectivity index (χ4n) is 3.93. The van der Waals surface area contributed by atoms with Gasteiger partial charge in [0.25, 0.3) is 0 Å². The molecule has 0 radical (unpaired) electrons. The van der Waals surface area contributed by atoms with E-state index in [0.717, 1.165) is 11.1 Å². The minimum atomic E-state index is -1.20. The average Bonchev–Trinajstić information content (AvgIpc) is 2.82. The van der Waals surface area contributed by atoms with E-state index in [0.29, 0.717) is 39.3 Å². The van der Waals surface area contributed by atoms with Crippen molar-refractivity contribution < 1.29 is 19.1 Å². The minimum absolute atomic E-state index is 0.0854. The van der Waals surface area contributed by atoms with Crippen LogP contribution in [0.5, 0.6) is 5.75 Å². The summed E-state index contributed by atoms with van der Waals surface area (Å²) in [6.45, 7) is 5.50. The van der Waals surface area contributed by atoms with Gasteiger partial charge in [-0.25, -0.2) is 9.78 Å². The molecule has 0 saturated heterocycles. The van der Waals surface area contributed by atoms with Gasteiger partial charge in [-0.15, -0.1) is 0 Å². The lowest BCUT2D eigenvalue weighted by atomic mass is 9.98. The van der Waals surface area contributed by atoms with Gasteiger partial charge in [0.1, 0.15) is 22.2 Å². The van der Waals surface area contributed by atoms with E-state index in [1.54, 1.807) is 38.3 Å². The van der Waals surface area contributed by atoms with Crippen LogP contribution in [0.25, 0.3) is 22.3 Å². The first-order valence-corrected chi connectivity index (χ1v) is 11.0. The van der Waals surface area contributed by atoms with E-state index in [-0.39, 0.29) is 16.3 Å². The van der Waals surface area contributed by atoms with Crippen LogP contribution in [0.15, 0.2) is 57.7 Å². The Morgan fingerprint density at radius 1 is 1.15 bits per heavy atom. The van der Waals surface area contributed by atoms with Gasteiger partial charge < -0.3 is 19.6 Å². The SMILES string of the molecule is COc1ccc(-c2oc3c([C@@H](C)Nc4ccc(Cl)nc4C(=O)O)cc(C)cc3c(=O)c2C)cc1. The van der Waals surface area contributed by atoms with Gasteiger partial charge in [0, 0.05) is 16.7 Å². The van der Waals surface area contributed by atoms with Gasteiger partial charge in [-0.3, -0.25) is 4.79 Å². The molecule has 2 aromatic heterocycles. The summed E-state index contributed by atoms with van der Waals surface area (Å²) in [4.78, 5) is 28.9. The lowest BCUT2D eigenvalue weighted by Gasteiger charge is -2.19. The van der Waals surface area contributed by atoms with E-state index in [1.165, 1.54) is 6.07 Å². The maximum absolute atomic E-state index is 13.3. The Balaban J connectivity index is 1.87. The molecule has 0 unspecified atom stereocenters. The van der Waals surface area contributed by atoms with Crippen LogP contribution in [0.2, 0.25) is 5.15 Å². The van der Waals surface area contributed by atoms with E-state index >= 15 is 0 Å². The number of carboxylic acid groups (broad SMARTS) is 1. The number of aromatic nitrogens is 1. The number of carbonyl (C=O) groups is 1. The van der Waals surface area contributed by atoms with Gasteiger partial charge >= 0.3 is 5.97 Å². The van der Waals surface area contributed by atoms with Gasteiger partial charge in [-0.1, -0.05) is 17.7 Å². The third-order valence-electron chi connectivity index (χ3n) is 5.65. The topological polar surface area (TPSA) is 102 Å². The Kier molecular flexibility index (Phi) is 6.30. The highest BCUT2D eigenvalue weighted by Gasteiger charge is 2.21. The number of aryl methyl sites for hydroxylation is 1. The van der Waals surface area contributed by atoms with Crippen molar-refractivity contribution in [2.24, 2.45) is 0 Å². The maximum Gasteiger partial charge on any atom is 0.356 e. The number of anilines is 1. The highest BCUT2D eigenvalue weighted by atomic mass is 35.5. The van der Waals surface area contributed by atoms with E-state index in [2.05, 4.69) is 10.3 Å². The number of benzene rings is 2. The molecule has 7 nitrogen and oxygen atoms in total. The van der Waals surface area contributed by atoms with Crippen LogP contribution in [0.3, 0.4) is 0 Å². The zero-order chi connectivity index (χ0) is 24.6. The van der Waals surface area contributed by atoms with Crippen LogP contribution in [0.1, 0.15) is 40.1 Å². The molecule has 4 rings (SSSR count). The van der Waals surface area contributed by atoms with E-state index in [1.807, 2.05) is 32.0 Å². The number of ether oxygens (including phenoxy) is 1. The summed E-state index contributed by atoms with van der Waals surface area (Å²) < 4.78 is 11.6. The Morgan fingerprint density at radius 3 is 2.50 bits per heavy atom. The Labute approximate surface area is 201 Å². The number of methoxy groups -OCH3 is 1. The third-order valence-corrected chi connectivity index (χ3v) is 5.86.